The lowest BCUT2D eigenvalue weighted by atomic mass is 10.0. The van der Waals surface area contributed by atoms with Crippen LogP contribution < -0.4 is 10.5 Å². The van der Waals surface area contributed by atoms with Crippen molar-refractivity contribution in [2.45, 2.75) is 37.2 Å². The van der Waals surface area contributed by atoms with Crippen LogP contribution in [0.15, 0.2) is 56.8 Å². The maximum atomic E-state index is 15.0. The number of sulfonamides is 1. The number of aromatic nitrogens is 3. The average molecular weight is 504 g/mol. The van der Waals surface area contributed by atoms with E-state index in [0.717, 1.165) is 54.4 Å². The number of rotatable bonds is 7. The van der Waals surface area contributed by atoms with E-state index in [0.29, 0.717) is 0 Å². The second-order valence-electron chi connectivity index (χ2n) is 8.20. The number of halogens is 1. The third-order valence-corrected chi connectivity index (χ3v) is 8.09. The van der Waals surface area contributed by atoms with Crippen LogP contribution in [-0.4, -0.2) is 40.3 Å². The number of benzene rings is 2. The molecule has 9 nitrogen and oxygen atoms in total. The summed E-state index contributed by atoms with van der Waals surface area (Å²) in [6, 6.07) is 9.43. The number of nitrogens with zero attached hydrogens (tertiary/aromatic N) is 4. The van der Waals surface area contributed by atoms with Gasteiger partial charge in [0.2, 0.25) is 5.13 Å². The van der Waals surface area contributed by atoms with E-state index >= 15 is 4.39 Å². The number of hydrogen-bond donors (Lipinski definition) is 1. The van der Waals surface area contributed by atoms with Crippen molar-refractivity contribution in [1.82, 2.24) is 18.8 Å². The molecule has 0 saturated carbocycles. The number of hydrogen-bond acceptors (Lipinski definition) is 8. The predicted molar refractivity (Wildman–Crippen MR) is 126 cm³/mol. The van der Waals surface area contributed by atoms with E-state index in [2.05, 4.69) is 19.0 Å². The van der Waals surface area contributed by atoms with E-state index in [9.17, 15) is 13.2 Å². The van der Waals surface area contributed by atoms with Crippen LogP contribution in [0.25, 0.3) is 11.1 Å². The first-order valence-corrected chi connectivity index (χ1v) is 13.0. The van der Waals surface area contributed by atoms with Crippen molar-refractivity contribution in [3.05, 3.63) is 70.2 Å². The van der Waals surface area contributed by atoms with Crippen molar-refractivity contribution in [2.24, 2.45) is 0 Å². The summed E-state index contributed by atoms with van der Waals surface area (Å²) < 4.78 is 53.0. The topological polar surface area (TPSA) is 110 Å². The summed E-state index contributed by atoms with van der Waals surface area (Å²) in [6.45, 7) is 4.67. The monoisotopic (exact) mass is 503 g/mol. The lowest BCUT2D eigenvalue weighted by Crippen LogP contribution is -2.23. The first-order valence-electron chi connectivity index (χ1n) is 10.8. The van der Waals surface area contributed by atoms with Crippen LogP contribution >= 0.6 is 11.5 Å². The highest BCUT2D eigenvalue weighted by Gasteiger charge is 2.26. The molecule has 1 atom stereocenters. The molecule has 1 saturated heterocycles. The molecule has 1 unspecified atom stereocenters. The molecule has 0 bridgehead atoms. The molecule has 0 spiro atoms. The molecule has 1 N–H and O–H groups in total. The maximum absolute atomic E-state index is 15.0. The van der Waals surface area contributed by atoms with Crippen molar-refractivity contribution in [3.63, 3.8) is 0 Å². The Bertz CT molecular complexity index is 1490. The third kappa shape index (κ3) is 4.24. The molecule has 0 radical (unpaired) electrons. The Labute approximate surface area is 199 Å². The van der Waals surface area contributed by atoms with Gasteiger partial charge in [-0.15, -0.1) is 0 Å². The van der Waals surface area contributed by atoms with Crippen LogP contribution in [0.4, 0.5) is 9.52 Å². The summed E-state index contributed by atoms with van der Waals surface area (Å²) in [4.78, 5) is 18.3. The summed E-state index contributed by atoms with van der Waals surface area (Å²) in [5.41, 5.74) is 2.17. The van der Waals surface area contributed by atoms with E-state index < -0.39 is 32.5 Å². The lowest BCUT2D eigenvalue weighted by Gasteiger charge is -2.21. The Kier molecular flexibility index (Phi) is 5.96. The molecule has 4 aromatic rings. The minimum atomic E-state index is -4.30. The number of nitrogens with one attached hydrogen (secondary N) is 1. The molecule has 2 aromatic heterocycles. The summed E-state index contributed by atoms with van der Waals surface area (Å²) in [7, 11) is -4.30. The van der Waals surface area contributed by atoms with Gasteiger partial charge in [-0.25, -0.2) is 22.6 Å². The number of likely N-dealkylation sites (tertiary alicyclic amines) is 1. The molecule has 0 aliphatic carbocycles. The second-order valence-corrected chi connectivity index (χ2v) is 10.6. The van der Waals surface area contributed by atoms with Crippen LogP contribution in [0.3, 0.4) is 0 Å². The fraction of sp³-hybridized carbons (Fsp3) is 0.318. The number of anilines is 1. The Morgan fingerprint density at radius 3 is 2.74 bits per heavy atom. The largest absolute Gasteiger partial charge is 0.420 e. The first-order chi connectivity index (χ1) is 16.3. The normalized spacial score (nSPS) is 15.7. The molecule has 34 heavy (non-hydrogen) atoms. The van der Waals surface area contributed by atoms with Crippen LogP contribution in [-0.2, 0) is 16.6 Å². The molecular formula is C22H22FN5O4S2. The Hall–Kier alpha value is -3.09. The minimum Gasteiger partial charge on any atom is -0.408 e. The zero-order valence-electron chi connectivity index (χ0n) is 18.3. The van der Waals surface area contributed by atoms with Crippen molar-refractivity contribution < 1.29 is 17.2 Å². The van der Waals surface area contributed by atoms with Gasteiger partial charge in [0.25, 0.3) is 10.0 Å². The second kappa shape index (κ2) is 8.93. The highest BCUT2D eigenvalue weighted by Crippen LogP contribution is 2.29. The Morgan fingerprint density at radius 2 is 2.00 bits per heavy atom. The van der Waals surface area contributed by atoms with Gasteiger partial charge >= 0.3 is 5.76 Å². The molecule has 5 rings (SSSR count). The maximum Gasteiger partial charge on any atom is 0.420 e. The quantitative estimate of drug-likeness (QED) is 0.410. The van der Waals surface area contributed by atoms with Crippen LogP contribution in [0.1, 0.15) is 36.9 Å². The predicted octanol–water partition coefficient (Wildman–Crippen LogP) is 3.59. The molecule has 1 aliphatic heterocycles. The van der Waals surface area contributed by atoms with Gasteiger partial charge in [-0.1, -0.05) is 24.3 Å². The van der Waals surface area contributed by atoms with Gasteiger partial charge in [0.05, 0.1) is 11.6 Å². The Morgan fingerprint density at radius 1 is 1.24 bits per heavy atom. The standard InChI is InChI=1S/C22H22FN5O4S2/c1-14(16-7-3-2-6-15(16)12-27-8-4-5-9-27)28-18-10-17(23)20(11-19(18)32-22(28)29)34(30,31)26-21-24-13-25-33-21/h2-3,6-7,10-11,13-14H,4-5,8-9,12H2,1H3,(H,24,25,26). The van der Waals surface area contributed by atoms with Gasteiger partial charge in [-0.05, 0) is 44.0 Å². The van der Waals surface area contributed by atoms with Crippen molar-refractivity contribution >= 4 is 37.8 Å². The van der Waals surface area contributed by atoms with E-state index in [1.807, 2.05) is 31.2 Å². The summed E-state index contributed by atoms with van der Waals surface area (Å²) >= 11 is 0.820. The zero-order chi connectivity index (χ0) is 23.9. The Balaban J connectivity index is 1.54. The van der Waals surface area contributed by atoms with Gasteiger partial charge < -0.3 is 4.42 Å². The number of oxazole rings is 1. The van der Waals surface area contributed by atoms with E-state index in [4.69, 9.17) is 4.42 Å². The van der Waals surface area contributed by atoms with Crippen molar-refractivity contribution in [2.75, 3.05) is 17.8 Å². The molecular weight excluding hydrogens is 481 g/mol. The summed E-state index contributed by atoms with van der Waals surface area (Å²) in [5, 5.41) is 0.00162. The third-order valence-electron chi connectivity index (χ3n) is 6.02. The van der Waals surface area contributed by atoms with Crippen LogP contribution in [0.2, 0.25) is 0 Å². The zero-order valence-corrected chi connectivity index (χ0v) is 19.9. The lowest BCUT2D eigenvalue weighted by molar-refractivity contribution is 0.329. The molecule has 12 heteroatoms. The van der Waals surface area contributed by atoms with E-state index in [1.54, 1.807) is 0 Å². The molecule has 178 valence electrons. The summed E-state index contributed by atoms with van der Waals surface area (Å²) in [6.07, 6.45) is 3.52. The first kappa shape index (κ1) is 22.7. The van der Waals surface area contributed by atoms with Gasteiger partial charge in [0, 0.05) is 30.2 Å². The highest BCUT2D eigenvalue weighted by atomic mass is 32.2. The van der Waals surface area contributed by atoms with Gasteiger partial charge in [0.15, 0.2) is 5.58 Å². The molecule has 0 amide bonds. The van der Waals surface area contributed by atoms with Crippen LogP contribution in [0.5, 0.6) is 0 Å². The minimum absolute atomic E-state index is 0.00162. The van der Waals surface area contributed by atoms with Crippen molar-refractivity contribution in [1.29, 1.82) is 0 Å². The number of fused-ring (bicyclic) bond motifs is 1. The molecule has 2 aromatic carbocycles. The van der Waals surface area contributed by atoms with Gasteiger partial charge in [-0.2, -0.15) is 4.37 Å². The van der Waals surface area contributed by atoms with E-state index in [1.165, 1.54) is 23.7 Å². The fourth-order valence-corrected chi connectivity index (χ4v) is 6.14. The average Bonchev–Trinajstić information content (AvgIpc) is 3.55. The fourth-order valence-electron chi connectivity index (χ4n) is 4.40. The molecule has 1 fully saturated rings. The van der Waals surface area contributed by atoms with Gasteiger partial charge in [-0.3, -0.25) is 14.2 Å². The highest BCUT2D eigenvalue weighted by molar-refractivity contribution is 7.93. The summed E-state index contributed by atoms with van der Waals surface area (Å²) in [5.74, 6) is -1.69. The SMILES string of the molecule is CC(c1ccccc1CN1CCCC1)n1c(=O)oc2cc(S(=O)(=O)Nc3ncns3)c(F)cc21. The molecule has 1 aliphatic rings. The molecule has 3 heterocycles. The van der Waals surface area contributed by atoms with Gasteiger partial charge in [0.1, 0.15) is 17.0 Å². The van der Waals surface area contributed by atoms with E-state index in [-0.39, 0.29) is 16.2 Å². The smallest absolute Gasteiger partial charge is 0.408 e. The van der Waals surface area contributed by atoms with Crippen LogP contribution in [0, 0.1) is 5.82 Å². The van der Waals surface area contributed by atoms with Crippen molar-refractivity contribution in [3.8, 4) is 0 Å².